The Labute approximate surface area is 113 Å². The Morgan fingerprint density at radius 1 is 1.29 bits per heavy atom. The van der Waals surface area contributed by atoms with Crippen LogP contribution >= 0.6 is 24.2 Å². The highest BCUT2D eigenvalue weighted by atomic mass is 35.5. The van der Waals surface area contributed by atoms with Crippen molar-refractivity contribution in [1.29, 1.82) is 0 Å². The molecule has 1 amide bonds. The van der Waals surface area contributed by atoms with E-state index >= 15 is 0 Å². The fourth-order valence-corrected chi connectivity index (χ4v) is 4.43. The van der Waals surface area contributed by atoms with E-state index in [1.807, 2.05) is 0 Å². The van der Waals surface area contributed by atoms with Crippen LogP contribution in [0.15, 0.2) is 0 Å². The standard InChI is InChI=1S/C12H20N2OS.ClH/c13-12(5-6-12)11(15)14-7-8-16-10-4-2-1-3-9(10)14;/h9-10H,1-8,13H2;1H. The maximum atomic E-state index is 12.3. The molecule has 1 heterocycles. The lowest BCUT2D eigenvalue weighted by Gasteiger charge is -2.44. The van der Waals surface area contributed by atoms with E-state index in [1.165, 1.54) is 25.7 Å². The summed E-state index contributed by atoms with van der Waals surface area (Å²) in [6.45, 7) is 0.920. The number of carbonyl (C=O) groups excluding carboxylic acids is 1. The van der Waals surface area contributed by atoms with Gasteiger partial charge in [-0.15, -0.1) is 12.4 Å². The summed E-state index contributed by atoms with van der Waals surface area (Å²) < 4.78 is 0. The van der Waals surface area contributed by atoms with Crippen molar-refractivity contribution in [3.8, 4) is 0 Å². The first-order valence-corrected chi connectivity index (χ1v) is 7.47. The third-order valence-electron chi connectivity index (χ3n) is 4.21. The molecule has 2 saturated carbocycles. The Morgan fingerprint density at radius 2 is 2.00 bits per heavy atom. The first kappa shape index (κ1) is 13.5. The van der Waals surface area contributed by atoms with Crippen LogP contribution in [0.25, 0.3) is 0 Å². The summed E-state index contributed by atoms with van der Waals surface area (Å²) in [6, 6.07) is 0.487. The number of halogens is 1. The second-order valence-corrected chi connectivity index (χ2v) is 6.76. The zero-order valence-electron chi connectivity index (χ0n) is 10.1. The van der Waals surface area contributed by atoms with E-state index in [4.69, 9.17) is 5.73 Å². The van der Waals surface area contributed by atoms with Crippen molar-refractivity contribution in [3.05, 3.63) is 0 Å². The molecule has 3 nitrogen and oxygen atoms in total. The summed E-state index contributed by atoms with van der Waals surface area (Å²) in [4.78, 5) is 14.4. The van der Waals surface area contributed by atoms with E-state index in [-0.39, 0.29) is 18.3 Å². The van der Waals surface area contributed by atoms with Crippen molar-refractivity contribution in [3.63, 3.8) is 0 Å². The van der Waals surface area contributed by atoms with Crippen LogP contribution in [-0.2, 0) is 4.79 Å². The van der Waals surface area contributed by atoms with Gasteiger partial charge in [0.05, 0.1) is 5.54 Å². The van der Waals surface area contributed by atoms with E-state index in [2.05, 4.69) is 16.7 Å². The minimum atomic E-state index is -0.468. The largest absolute Gasteiger partial charge is 0.336 e. The van der Waals surface area contributed by atoms with Crippen LogP contribution < -0.4 is 5.73 Å². The molecule has 2 unspecified atom stereocenters. The van der Waals surface area contributed by atoms with Crippen LogP contribution in [0.4, 0.5) is 0 Å². The van der Waals surface area contributed by atoms with Gasteiger partial charge in [-0.25, -0.2) is 0 Å². The van der Waals surface area contributed by atoms with Crippen LogP contribution in [0.2, 0.25) is 0 Å². The molecule has 3 rings (SSSR count). The van der Waals surface area contributed by atoms with Gasteiger partial charge in [0.25, 0.3) is 0 Å². The second kappa shape index (κ2) is 4.98. The topological polar surface area (TPSA) is 46.3 Å². The van der Waals surface area contributed by atoms with Crippen molar-refractivity contribution in [1.82, 2.24) is 4.90 Å². The Morgan fingerprint density at radius 3 is 2.71 bits per heavy atom. The van der Waals surface area contributed by atoms with Gasteiger partial charge in [0.1, 0.15) is 0 Å². The number of amides is 1. The summed E-state index contributed by atoms with van der Waals surface area (Å²) in [5, 5.41) is 0.689. The maximum Gasteiger partial charge on any atom is 0.242 e. The monoisotopic (exact) mass is 276 g/mol. The zero-order valence-corrected chi connectivity index (χ0v) is 11.7. The molecule has 2 aliphatic carbocycles. The van der Waals surface area contributed by atoms with Crippen molar-refractivity contribution in [2.24, 2.45) is 5.73 Å². The molecule has 0 aromatic heterocycles. The molecule has 0 radical (unpaired) electrons. The Bertz CT molecular complexity index is 307. The van der Waals surface area contributed by atoms with Gasteiger partial charge in [-0.1, -0.05) is 12.8 Å². The molecule has 17 heavy (non-hydrogen) atoms. The number of thioether (sulfide) groups is 1. The molecule has 0 aromatic rings. The summed E-state index contributed by atoms with van der Waals surface area (Å²) in [5.41, 5.74) is 5.58. The van der Waals surface area contributed by atoms with E-state index < -0.39 is 5.54 Å². The lowest BCUT2D eigenvalue weighted by atomic mass is 9.92. The third-order valence-corrected chi connectivity index (χ3v) is 5.60. The van der Waals surface area contributed by atoms with Gasteiger partial charge in [-0.3, -0.25) is 4.79 Å². The number of carbonyl (C=O) groups is 1. The van der Waals surface area contributed by atoms with E-state index in [1.54, 1.807) is 0 Å². The van der Waals surface area contributed by atoms with Gasteiger partial charge >= 0.3 is 0 Å². The predicted octanol–water partition coefficient (Wildman–Crippen LogP) is 1.79. The Kier molecular flexibility index (Phi) is 3.96. The quantitative estimate of drug-likeness (QED) is 0.794. The van der Waals surface area contributed by atoms with Crippen molar-refractivity contribution >= 4 is 30.1 Å². The molecule has 0 aromatic carbocycles. The van der Waals surface area contributed by atoms with Crippen LogP contribution in [-0.4, -0.2) is 39.9 Å². The molecule has 3 aliphatic rings. The first-order chi connectivity index (χ1) is 7.71. The zero-order chi connectivity index (χ0) is 11.2. The van der Waals surface area contributed by atoms with Gasteiger partial charge in [0.15, 0.2) is 0 Å². The molecule has 0 bridgehead atoms. The van der Waals surface area contributed by atoms with Gasteiger partial charge in [0, 0.05) is 23.6 Å². The predicted molar refractivity (Wildman–Crippen MR) is 73.6 cm³/mol. The average molecular weight is 277 g/mol. The molecule has 3 fully saturated rings. The number of rotatable bonds is 1. The van der Waals surface area contributed by atoms with Gasteiger partial charge < -0.3 is 10.6 Å². The van der Waals surface area contributed by atoms with E-state index in [9.17, 15) is 4.79 Å². The Hall–Kier alpha value is 0.0700. The number of hydrogen-bond donors (Lipinski definition) is 1. The summed E-state index contributed by atoms with van der Waals surface area (Å²) >= 11 is 2.06. The SMILES string of the molecule is Cl.NC1(C(=O)N2CCSC3CCCCC32)CC1. The van der Waals surface area contributed by atoms with Crippen LogP contribution in [0, 0.1) is 0 Å². The van der Waals surface area contributed by atoms with Crippen LogP contribution in [0.3, 0.4) is 0 Å². The number of nitrogens with two attached hydrogens (primary N) is 1. The summed E-state index contributed by atoms with van der Waals surface area (Å²) in [6.07, 6.45) is 6.89. The lowest BCUT2D eigenvalue weighted by Crippen LogP contribution is -2.57. The minimum Gasteiger partial charge on any atom is -0.336 e. The normalized spacial score (nSPS) is 34.5. The third kappa shape index (κ3) is 2.45. The highest BCUT2D eigenvalue weighted by molar-refractivity contribution is 8.00. The van der Waals surface area contributed by atoms with Gasteiger partial charge in [0.2, 0.25) is 5.91 Å². The molecule has 0 spiro atoms. The average Bonchev–Trinajstić information content (AvgIpc) is 3.07. The van der Waals surface area contributed by atoms with Crippen molar-refractivity contribution in [2.75, 3.05) is 12.3 Å². The van der Waals surface area contributed by atoms with E-state index in [0.717, 1.165) is 25.1 Å². The lowest BCUT2D eigenvalue weighted by molar-refractivity contribution is -0.136. The van der Waals surface area contributed by atoms with Gasteiger partial charge in [-0.05, 0) is 25.7 Å². The van der Waals surface area contributed by atoms with Crippen molar-refractivity contribution in [2.45, 2.75) is 55.4 Å². The molecular weight excluding hydrogens is 256 g/mol. The molecule has 1 saturated heterocycles. The molecule has 98 valence electrons. The molecule has 2 atom stereocenters. The second-order valence-electron chi connectivity index (χ2n) is 5.42. The van der Waals surface area contributed by atoms with Crippen LogP contribution in [0.1, 0.15) is 38.5 Å². The molecule has 5 heteroatoms. The maximum absolute atomic E-state index is 12.3. The van der Waals surface area contributed by atoms with Crippen LogP contribution in [0.5, 0.6) is 0 Å². The fraction of sp³-hybridized carbons (Fsp3) is 0.917. The minimum absolute atomic E-state index is 0. The fourth-order valence-electron chi connectivity index (χ4n) is 2.98. The highest BCUT2D eigenvalue weighted by Crippen LogP contribution is 2.40. The highest BCUT2D eigenvalue weighted by Gasteiger charge is 2.50. The molecule has 2 N–H and O–H groups in total. The number of hydrogen-bond acceptors (Lipinski definition) is 3. The Balaban J connectivity index is 0.00000108. The first-order valence-electron chi connectivity index (χ1n) is 6.42. The summed E-state index contributed by atoms with van der Waals surface area (Å²) in [5.74, 6) is 1.34. The smallest absolute Gasteiger partial charge is 0.242 e. The van der Waals surface area contributed by atoms with Gasteiger partial charge in [-0.2, -0.15) is 11.8 Å². The summed E-state index contributed by atoms with van der Waals surface area (Å²) in [7, 11) is 0. The number of fused-ring (bicyclic) bond motifs is 1. The number of nitrogens with zero attached hydrogens (tertiary/aromatic N) is 1. The molecular formula is C12H21ClN2OS. The van der Waals surface area contributed by atoms with E-state index in [0.29, 0.717) is 11.3 Å². The molecule has 1 aliphatic heterocycles. The van der Waals surface area contributed by atoms with Crippen molar-refractivity contribution < 1.29 is 4.79 Å².